The van der Waals surface area contributed by atoms with Crippen LogP contribution in [0.1, 0.15) is 57.9 Å². The molecule has 0 spiro atoms. The smallest absolute Gasteiger partial charge is 0.165 e. The molecule has 1 aromatic carbocycles. The molecule has 0 aromatic heterocycles. The van der Waals surface area contributed by atoms with Gasteiger partial charge in [-0.2, -0.15) is 0 Å². The summed E-state index contributed by atoms with van der Waals surface area (Å²) in [6.45, 7) is 4.60. The maximum Gasteiger partial charge on any atom is 0.165 e. The Morgan fingerprint density at radius 1 is 1.14 bits per heavy atom. The van der Waals surface area contributed by atoms with Crippen molar-refractivity contribution < 1.29 is 9.47 Å². The van der Waals surface area contributed by atoms with Crippen molar-refractivity contribution in [3.8, 4) is 11.5 Å². The van der Waals surface area contributed by atoms with E-state index in [0.29, 0.717) is 11.8 Å². The molecular weight excluding hydrogens is 363 g/mol. The van der Waals surface area contributed by atoms with Crippen molar-refractivity contribution >= 4 is 9.24 Å². The summed E-state index contributed by atoms with van der Waals surface area (Å²) in [5.41, 5.74) is 2.88. The Bertz CT molecular complexity index is 812. The molecule has 1 aromatic rings. The zero-order chi connectivity index (χ0) is 19.7. The van der Waals surface area contributed by atoms with Crippen molar-refractivity contribution in [2.45, 2.75) is 63.9 Å². The SMILES string of the molecule is CCCCC1(CCCC)c2cccc(OC)c2OC2C(C3C=C3P)=CC=CC21. The molecule has 0 bridgehead atoms. The molecule has 2 nitrogen and oxygen atoms in total. The largest absolute Gasteiger partial charge is 0.493 e. The number of rotatable bonds is 8. The number of fused-ring (bicyclic) bond motifs is 2. The van der Waals surface area contributed by atoms with Gasteiger partial charge in [0.2, 0.25) is 0 Å². The van der Waals surface area contributed by atoms with Gasteiger partial charge >= 0.3 is 0 Å². The van der Waals surface area contributed by atoms with Crippen LogP contribution in [-0.4, -0.2) is 13.2 Å². The predicted octanol–water partition coefficient (Wildman–Crippen LogP) is 6.58. The molecule has 4 rings (SSSR count). The van der Waals surface area contributed by atoms with Crippen LogP contribution >= 0.6 is 9.24 Å². The van der Waals surface area contributed by atoms with Crippen molar-refractivity contribution in [2.24, 2.45) is 11.8 Å². The van der Waals surface area contributed by atoms with Crippen molar-refractivity contribution in [1.82, 2.24) is 0 Å². The van der Waals surface area contributed by atoms with Crippen molar-refractivity contribution in [3.05, 3.63) is 59.0 Å². The van der Waals surface area contributed by atoms with Gasteiger partial charge in [0.15, 0.2) is 11.5 Å². The first-order chi connectivity index (χ1) is 13.7. The molecule has 0 amide bonds. The van der Waals surface area contributed by atoms with Gasteiger partial charge in [0.05, 0.1) is 7.11 Å². The highest BCUT2D eigenvalue weighted by Gasteiger charge is 2.52. The quantitative estimate of drug-likeness (QED) is 0.462. The normalized spacial score (nSPS) is 26.5. The highest BCUT2D eigenvalue weighted by atomic mass is 31.0. The summed E-state index contributed by atoms with van der Waals surface area (Å²) in [5, 5.41) is 1.39. The molecule has 0 saturated heterocycles. The minimum absolute atomic E-state index is 0.0989. The Balaban J connectivity index is 1.84. The Morgan fingerprint density at radius 2 is 1.86 bits per heavy atom. The van der Waals surface area contributed by atoms with E-state index in [1.165, 1.54) is 55.0 Å². The predicted molar refractivity (Wildman–Crippen MR) is 120 cm³/mol. The fourth-order valence-corrected chi connectivity index (χ4v) is 5.61. The van der Waals surface area contributed by atoms with Gasteiger partial charge in [0.25, 0.3) is 0 Å². The van der Waals surface area contributed by atoms with Crippen LogP contribution in [0, 0.1) is 11.8 Å². The molecule has 3 aliphatic rings. The van der Waals surface area contributed by atoms with E-state index >= 15 is 0 Å². The average Bonchev–Trinajstić information content (AvgIpc) is 3.45. The van der Waals surface area contributed by atoms with E-state index in [4.69, 9.17) is 9.47 Å². The number of hydrogen-bond acceptors (Lipinski definition) is 2. The molecule has 4 atom stereocenters. The van der Waals surface area contributed by atoms with E-state index < -0.39 is 0 Å². The highest BCUT2D eigenvalue weighted by Crippen LogP contribution is 2.57. The summed E-state index contributed by atoms with van der Waals surface area (Å²) in [5.74, 6) is 2.69. The lowest BCUT2D eigenvalue weighted by Gasteiger charge is -2.50. The minimum atomic E-state index is 0.0989. The van der Waals surface area contributed by atoms with Crippen LogP contribution in [0.3, 0.4) is 0 Å². The monoisotopic (exact) mass is 396 g/mol. The number of hydrogen-bond donors (Lipinski definition) is 0. The van der Waals surface area contributed by atoms with Gasteiger partial charge in [-0.05, 0) is 29.8 Å². The number of methoxy groups -OCH3 is 1. The second-order valence-corrected chi connectivity index (χ2v) is 9.13. The molecule has 3 heteroatoms. The van der Waals surface area contributed by atoms with Gasteiger partial charge in [-0.3, -0.25) is 0 Å². The molecule has 0 saturated carbocycles. The number of ether oxygens (including phenoxy) is 2. The van der Waals surface area contributed by atoms with E-state index in [9.17, 15) is 0 Å². The molecule has 2 aliphatic carbocycles. The van der Waals surface area contributed by atoms with Gasteiger partial charge in [-0.1, -0.05) is 76.0 Å². The van der Waals surface area contributed by atoms with Gasteiger partial charge in [-0.15, -0.1) is 9.24 Å². The summed E-state index contributed by atoms with van der Waals surface area (Å²) >= 11 is 0. The molecule has 28 heavy (non-hydrogen) atoms. The Morgan fingerprint density at radius 3 is 2.46 bits per heavy atom. The summed E-state index contributed by atoms with van der Waals surface area (Å²) in [6, 6.07) is 6.48. The van der Waals surface area contributed by atoms with Crippen molar-refractivity contribution in [2.75, 3.05) is 7.11 Å². The van der Waals surface area contributed by atoms with Gasteiger partial charge < -0.3 is 9.47 Å². The van der Waals surface area contributed by atoms with Crippen LogP contribution in [0.2, 0.25) is 0 Å². The Kier molecular flexibility index (Phi) is 5.70. The molecule has 150 valence electrons. The fourth-order valence-electron chi connectivity index (χ4n) is 5.23. The summed E-state index contributed by atoms with van der Waals surface area (Å²) in [7, 11) is 4.64. The second-order valence-electron chi connectivity index (χ2n) is 8.46. The van der Waals surface area contributed by atoms with E-state index in [2.05, 4.69) is 59.5 Å². The highest BCUT2D eigenvalue weighted by molar-refractivity contribution is 7.23. The van der Waals surface area contributed by atoms with Crippen LogP contribution in [0.4, 0.5) is 0 Å². The molecule has 0 fully saturated rings. The first-order valence-electron chi connectivity index (χ1n) is 10.9. The summed E-state index contributed by atoms with van der Waals surface area (Å²) < 4.78 is 12.5. The maximum atomic E-state index is 6.75. The van der Waals surface area contributed by atoms with Crippen molar-refractivity contribution in [1.29, 1.82) is 0 Å². The summed E-state index contributed by atoms with van der Waals surface area (Å²) in [4.78, 5) is 0. The lowest BCUT2D eigenvalue weighted by Crippen LogP contribution is -2.49. The van der Waals surface area contributed by atoms with Crippen LogP contribution in [0.15, 0.2) is 53.4 Å². The standard InChI is InChI=1S/C25H33O2P/c1-4-6-14-25(15-7-5-2)19-11-8-10-17(18-16-22(18)28)23(19)27-24-20(25)12-9-13-21(24)26-3/h8-13,16,18-19,23H,4-7,14-15,28H2,1-3H3. The van der Waals surface area contributed by atoms with E-state index in [1.807, 2.05) is 6.07 Å². The summed E-state index contributed by atoms with van der Waals surface area (Å²) in [6.07, 6.45) is 16.7. The molecular formula is C25H33O2P. The third-order valence-electron chi connectivity index (χ3n) is 6.80. The lowest BCUT2D eigenvalue weighted by atomic mass is 9.59. The first-order valence-corrected chi connectivity index (χ1v) is 11.4. The minimum Gasteiger partial charge on any atom is -0.493 e. The fraction of sp³-hybridized carbons (Fsp3) is 0.520. The first kappa shape index (κ1) is 19.8. The molecule has 0 N–H and O–H groups in total. The van der Waals surface area contributed by atoms with E-state index in [1.54, 1.807) is 7.11 Å². The average molecular weight is 397 g/mol. The Hall–Kier alpha value is -1.53. The molecule has 1 heterocycles. The topological polar surface area (TPSA) is 18.5 Å². The molecule has 1 aliphatic heterocycles. The van der Waals surface area contributed by atoms with Crippen molar-refractivity contribution in [3.63, 3.8) is 0 Å². The second kappa shape index (κ2) is 8.07. The zero-order valence-electron chi connectivity index (χ0n) is 17.4. The number of para-hydroxylation sites is 1. The maximum absolute atomic E-state index is 6.75. The number of allylic oxidation sites excluding steroid dienone is 4. The third-order valence-corrected chi connectivity index (χ3v) is 7.35. The molecule has 4 unspecified atom stereocenters. The van der Waals surface area contributed by atoms with Gasteiger partial charge in [-0.25, -0.2) is 0 Å². The van der Waals surface area contributed by atoms with E-state index in [-0.39, 0.29) is 11.5 Å². The Labute approximate surface area is 172 Å². The van der Waals surface area contributed by atoms with Crippen LogP contribution in [0.25, 0.3) is 0 Å². The number of unbranched alkanes of at least 4 members (excludes halogenated alkanes) is 2. The zero-order valence-corrected chi connectivity index (χ0v) is 18.6. The van der Waals surface area contributed by atoms with Gasteiger partial charge in [0, 0.05) is 22.8 Å². The molecule has 0 radical (unpaired) electrons. The number of benzene rings is 1. The lowest BCUT2D eigenvalue weighted by molar-refractivity contribution is 0.0765. The van der Waals surface area contributed by atoms with Gasteiger partial charge in [0.1, 0.15) is 6.10 Å². The van der Waals surface area contributed by atoms with Crippen LogP contribution < -0.4 is 9.47 Å². The van der Waals surface area contributed by atoms with Crippen LogP contribution in [0.5, 0.6) is 11.5 Å². The van der Waals surface area contributed by atoms with E-state index in [0.717, 1.165) is 11.5 Å². The van der Waals surface area contributed by atoms with Crippen LogP contribution in [-0.2, 0) is 5.41 Å². The third kappa shape index (κ3) is 3.24.